The summed E-state index contributed by atoms with van der Waals surface area (Å²) in [5.41, 5.74) is 0.448. The molecule has 5 nitrogen and oxygen atoms in total. The molecule has 1 fully saturated rings. The lowest BCUT2D eigenvalue weighted by Gasteiger charge is -2.18. The van der Waals surface area contributed by atoms with Gasteiger partial charge in [-0.2, -0.15) is 0 Å². The Morgan fingerprint density at radius 1 is 1.47 bits per heavy atom. The number of hydrogen-bond donors (Lipinski definition) is 1. The van der Waals surface area contributed by atoms with Gasteiger partial charge in [-0.1, -0.05) is 11.6 Å². The van der Waals surface area contributed by atoms with Crippen LogP contribution in [0.3, 0.4) is 0 Å². The third-order valence-electron chi connectivity index (χ3n) is 2.52. The molecule has 1 aromatic rings. The van der Waals surface area contributed by atoms with Crippen LogP contribution >= 0.6 is 11.6 Å². The van der Waals surface area contributed by atoms with Crippen molar-refractivity contribution in [1.82, 2.24) is 15.2 Å². The Kier molecular flexibility index (Phi) is 3.58. The molecule has 2 rings (SSSR count). The van der Waals surface area contributed by atoms with Gasteiger partial charge in [-0.15, -0.1) is 0 Å². The fraction of sp³-hybridized carbons (Fsp3) is 0.364. The Morgan fingerprint density at radius 2 is 2.29 bits per heavy atom. The number of carbonyl (C=O) groups excluding carboxylic acids is 2. The van der Waals surface area contributed by atoms with Crippen molar-refractivity contribution in [3.63, 3.8) is 0 Å². The highest BCUT2D eigenvalue weighted by Crippen LogP contribution is 2.09. The van der Waals surface area contributed by atoms with Gasteiger partial charge in [0.2, 0.25) is 5.91 Å². The molecule has 6 heteroatoms. The normalized spacial score (nSPS) is 16.3. The lowest BCUT2D eigenvalue weighted by molar-refractivity contribution is -0.121. The van der Waals surface area contributed by atoms with E-state index in [9.17, 15) is 9.59 Å². The van der Waals surface area contributed by atoms with Crippen molar-refractivity contribution < 1.29 is 9.59 Å². The molecule has 0 aliphatic carbocycles. The zero-order chi connectivity index (χ0) is 12.3. The highest BCUT2D eigenvalue weighted by molar-refractivity contribution is 6.29. The standard InChI is InChI=1S/C11H12ClN3O2/c12-9-3-2-8(6-14-9)11(17)15-5-1-4-13-10(16)7-15/h2-3,6H,1,4-5,7H2,(H,13,16). The summed E-state index contributed by atoms with van der Waals surface area (Å²) in [5.74, 6) is -0.316. The van der Waals surface area contributed by atoms with E-state index in [-0.39, 0.29) is 18.4 Å². The van der Waals surface area contributed by atoms with Crippen LogP contribution in [-0.4, -0.2) is 41.3 Å². The average molecular weight is 254 g/mol. The van der Waals surface area contributed by atoms with E-state index in [1.807, 2.05) is 0 Å². The van der Waals surface area contributed by atoms with Crippen LogP contribution in [0.1, 0.15) is 16.8 Å². The summed E-state index contributed by atoms with van der Waals surface area (Å²) in [5, 5.41) is 3.06. The predicted molar refractivity (Wildman–Crippen MR) is 62.8 cm³/mol. The molecule has 0 atom stereocenters. The monoisotopic (exact) mass is 253 g/mol. The second-order valence-electron chi connectivity index (χ2n) is 3.80. The van der Waals surface area contributed by atoms with Gasteiger partial charge < -0.3 is 10.2 Å². The van der Waals surface area contributed by atoms with Crippen molar-refractivity contribution in [3.05, 3.63) is 29.0 Å². The van der Waals surface area contributed by atoms with Gasteiger partial charge in [0.05, 0.1) is 12.1 Å². The van der Waals surface area contributed by atoms with E-state index in [0.717, 1.165) is 6.42 Å². The second-order valence-corrected chi connectivity index (χ2v) is 4.19. The number of hydrogen-bond acceptors (Lipinski definition) is 3. The number of pyridine rings is 1. The van der Waals surface area contributed by atoms with Crippen LogP contribution in [0.15, 0.2) is 18.3 Å². The molecule has 2 heterocycles. The molecule has 0 bridgehead atoms. The first-order valence-electron chi connectivity index (χ1n) is 5.34. The van der Waals surface area contributed by atoms with Crippen LogP contribution in [0.2, 0.25) is 5.15 Å². The molecule has 0 unspecified atom stereocenters. The van der Waals surface area contributed by atoms with E-state index in [0.29, 0.717) is 23.8 Å². The second kappa shape index (κ2) is 5.14. The van der Waals surface area contributed by atoms with E-state index in [4.69, 9.17) is 11.6 Å². The van der Waals surface area contributed by atoms with Gasteiger partial charge in [-0.05, 0) is 18.6 Å². The van der Waals surface area contributed by atoms with Crippen molar-refractivity contribution in [1.29, 1.82) is 0 Å². The molecule has 17 heavy (non-hydrogen) atoms. The zero-order valence-electron chi connectivity index (χ0n) is 9.15. The molecule has 1 aromatic heterocycles. The Hall–Kier alpha value is -1.62. The summed E-state index contributed by atoms with van der Waals surface area (Å²) in [6, 6.07) is 3.17. The van der Waals surface area contributed by atoms with Gasteiger partial charge in [-0.3, -0.25) is 9.59 Å². The number of carbonyl (C=O) groups is 2. The maximum atomic E-state index is 12.1. The van der Waals surface area contributed by atoms with E-state index >= 15 is 0 Å². The van der Waals surface area contributed by atoms with E-state index in [1.165, 1.54) is 11.1 Å². The Labute approximate surface area is 104 Å². The third-order valence-corrected chi connectivity index (χ3v) is 2.75. The Morgan fingerprint density at radius 3 is 3.00 bits per heavy atom. The van der Waals surface area contributed by atoms with Gasteiger partial charge in [0, 0.05) is 19.3 Å². The van der Waals surface area contributed by atoms with Gasteiger partial charge in [0.25, 0.3) is 5.91 Å². The number of rotatable bonds is 1. The number of amides is 2. The van der Waals surface area contributed by atoms with Crippen molar-refractivity contribution >= 4 is 23.4 Å². The maximum Gasteiger partial charge on any atom is 0.255 e. The lowest BCUT2D eigenvalue weighted by atomic mass is 10.2. The molecule has 2 amide bonds. The molecule has 90 valence electrons. The molecular formula is C11H12ClN3O2. The summed E-state index contributed by atoms with van der Waals surface area (Å²) in [6.45, 7) is 1.28. The first-order chi connectivity index (χ1) is 8.16. The summed E-state index contributed by atoms with van der Waals surface area (Å²) in [7, 11) is 0. The predicted octanol–water partition coefficient (Wildman–Crippen LogP) is 0.697. The molecular weight excluding hydrogens is 242 g/mol. The summed E-state index contributed by atoms with van der Waals surface area (Å²) in [6.07, 6.45) is 2.19. The molecule has 0 spiro atoms. The van der Waals surface area contributed by atoms with Crippen molar-refractivity contribution in [3.8, 4) is 0 Å². The van der Waals surface area contributed by atoms with Crippen molar-refractivity contribution in [2.45, 2.75) is 6.42 Å². The molecule has 0 saturated carbocycles. The highest BCUT2D eigenvalue weighted by Gasteiger charge is 2.20. The highest BCUT2D eigenvalue weighted by atomic mass is 35.5. The van der Waals surface area contributed by atoms with Gasteiger partial charge in [0.1, 0.15) is 5.15 Å². The van der Waals surface area contributed by atoms with Crippen LogP contribution in [-0.2, 0) is 4.79 Å². The summed E-state index contributed by atoms with van der Waals surface area (Å²) >= 11 is 5.65. The minimum atomic E-state index is -0.189. The van der Waals surface area contributed by atoms with E-state index in [1.54, 1.807) is 12.1 Å². The number of aromatic nitrogens is 1. The fourth-order valence-corrected chi connectivity index (χ4v) is 1.78. The van der Waals surface area contributed by atoms with E-state index < -0.39 is 0 Å². The van der Waals surface area contributed by atoms with Crippen LogP contribution in [0, 0.1) is 0 Å². The SMILES string of the molecule is O=C1CN(C(=O)c2ccc(Cl)nc2)CCCN1. The van der Waals surface area contributed by atoms with Gasteiger partial charge >= 0.3 is 0 Å². The largest absolute Gasteiger partial charge is 0.354 e. The average Bonchev–Trinajstić information content (AvgIpc) is 2.54. The van der Waals surface area contributed by atoms with Crippen LogP contribution in [0.25, 0.3) is 0 Å². The summed E-state index contributed by atoms with van der Waals surface area (Å²) < 4.78 is 0. The van der Waals surface area contributed by atoms with Crippen molar-refractivity contribution in [2.24, 2.45) is 0 Å². The summed E-state index contributed by atoms with van der Waals surface area (Å²) in [4.78, 5) is 28.8. The Bertz CT molecular complexity index is 433. The van der Waals surface area contributed by atoms with E-state index in [2.05, 4.69) is 10.3 Å². The molecule has 1 N–H and O–H groups in total. The lowest BCUT2D eigenvalue weighted by Crippen LogP contribution is -2.37. The number of nitrogens with zero attached hydrogens (tertiary/aromatic N) is 2. The quantitative estimate of drug-likeness (QED) is 0.750. The Balaban J connectivity index is 2.13. The van der Waals surface area contributed by atoms with Crippen molar-refractivity contribution in [2.75, 3.05) is 19.6 Å². The van der Waals surface area contributed by atoms with Gasteiger partial charge in [0.15, 0.2) is 0 Å². The smallest absolute Gasteiger partial charge is 0.255 e. The molecule has 0 radical (unpaired) electrons. The molecule has 1 aliphatic heterocycles. The minimum Gasteiger partial charge on any atom is -0.354 e. The fourth-order valence-electron chi connectivity index (χ4n) is 1.66. The molecule has 1 aliphatic rings. The first kappa shape index (κ1) is 11.9. The van der Waals surface area contributed by atoms with Crippen LogP contribution < -0.4 is 5.32 Å². The minimum absolute atomic E-state index is 0.0987. The van der Waals surface area contributed by atoms with Crippen LogP contribution in [0.5, 0.6) is 0 Å². The first-order valence-corrected chi connectivity index (χ1v) is 5.72. The number of halogens is 1. The molecule has 0 aromatic carbocycles. The third kappa shape index (κ3) is 2.94. The van der Waals surface area contributed by atoms with Crippen LogP contribution in [0.4, 0.5) is 0 Å². The maximum absolute atomic E-state index is 12.1. The number of nitrogens with one attached hydrogen (secondary N) is 1. The zero-order valence-corrected chi connectivity index (χ0v) is 9.91. The molecule has 1 saturated heterocycles. The van der Waals surface area contributed by atoms with Gasteiger partial charge in [-0.25, -0.2) is 4.98 Å². The topological polar surface area (TPSA) is 62.3 Å².